The van der Waals surface area contributed by atoms with E-state index in [9.17, 15) is 0 Å². The fraction of sp³-hybridized carbons (Fsp3) is 0.125. The SMILES string of the molecule is COc1cncc(-c2nccc(C(N)c3cccnc3)n2)c1. The highest BCUT2D eigenvalue weighted by Gasteiger charge is 2.12. The molecule has 0 spiro atoms. The molecule has 0 saturated carbocycles. The topological polar surface area (TPSA) is 86.8 Å². The van der Waals surface area contributed by atoms with Gasteiger partial charge in [-0.1, -0.05) is 6.07 Å². The number of pyridine rings is 2. The molecule has 0 saturated heterocycles. The summed E-state index contributed by atoms with van der Waals surface area (Å²) in [6, 6.07) is 7.06. The Morgan fingerprint density at radius 1 is 1.09 bits per heavy atom. The van der Waals surface area contributed by atoms with Crippen LogP contribution in [0.3, 0.4) is 0 Å². The highest BCUT2D eigenvalue weighted by Crippen LogP contribution is 2.22. The number of hydrogen-bond acceptors (Lipinski definition) is 6. The fourth-order valence-electron chi connectivity index (χ4n) is 2.07. The van der Waals surface area contributed by atoms with Crippen molar-refractivity contribution in [3.8, 4) is 17.1 Å². The van der Waals surface area contributed by atoms with Crippen molar-refractivity contribution in [3.63, 3.8) is 0 Å². The van der Waals surface area contributed by atoms with E-state index in [1.165, 1.54) is 0 Å². The molecule has 0 aliphatic heterocycles. The number of rotatable bonds is 4. The van der Waals surface area contributed by atoms with Gasteiger partial charge in [-0.15, -0.1) is 0 Å². The molecular formula is C16H15N5O. The molecule has 0 fully saturated rings. The first-order valence-corrected chi connectivity index (χ1v) is 6.76. The molecule has 110 valence electrons. The van der Waals surface area contributed by atoms with Crippen molar-refractivity contribution in [2.75, 3.05) is 7.11 Å². The average molecular weight is 293 g/mol. The van der Waals surface area contributed by atoms with Crippen LogP contribution in [0.4, 0.5) is 0 Å². The van der Waals surface area contributed by atoms with Gasteiger partial charge in [0, 0.05) is 30.4 Å². The smallest absolute Gasteiger partial charge is 0.161 e. The van der Waals surface area contributed by atoms with E-state index in [2.05, 4.69) is 19.9 Å². The van der Waals surface area contributed by atoms with Gasteiger partial charge in [0.05, 0.1) is 25.0 Å². The number of aromatic nitrogens is 4. The Kier molecular flexibility index (Phi) is 4.02. The predicted molar refractivity (Wildman–Crippen MR) is 82.1 cm³/mol. The Morgan fingerprint density at radius 3 is 2.77 bits per heavy atom. The monoisotopic (exact) mass is 293 g/mol. The zero-order valence-electron chi connectivity index (χ0n) is 12.0. The minimum Gasteiger partial charge on any atom is -0.495 e. The van der Waals surface area contributed by atoms with Crippen LogP contribution in [0.5, 0.6) is 5.75 Å². The van der Waals surface area contributed by atoms with Gasteiger partial charge in [-0.2, -0.15) is 0 Å². The molecule has 1 atom stereocenters. The molecule has 3 aromatic heterocycles. The molecule has 3 aromatic rings. The minimum absolute atomic E-state index is 0.353. The first kappa shape index (κ1) is 14.1. The van der Waals surface area contributed by atoms with E-state index in [-0.39, 0.29) is 6.04 Å². The summed E-state index contributed by atoms with van der Waals surface area (Å²) in [6.45, 7) is 0. The summed E-state index contributed by atoms with van der Waals surface area (Å²) in [5.74, 6) is 1.21. The Morgan fingerprint density at radius 2 is 2.00 bits per heavy atom. The molecule has 22 heavy (non-hydrogen) atoms. The van der Waals surface area contributed by atoms with Crippen molar-refractivity contribution in [2.45, 2.75) is 6.04 Å². The predicted octanol–water partition coefficient (Wildman–Crippen LogP) is 1.99. The molecule has 0 aliphatic rings. The summed E-state index contributed by atoms with van der Waals surface area (Å²) in [6.07, 6.45) is 8.46. The summed E-state index contributed by atoms with van der Waals surface area (Å²) in [5, 5.41) is 0. The number of hydrogen-bond donors (Lipinski definition) is 1. The van der Waals surface area contributed by atoms with Crippen LogP contribution >= 0.6 is 0 Å². The zero-order valence-corrected chi connectivity index (χ0v) is 12.0. The van der Waals surface area contributed by atoms with Gasteiger partial charge in [-0.05, 0) is 23.8 Å². The van der Waals surface area contributed by atoms with Crippen LogP contribution in [0.15, 0.2) is 55.2 Å². The van der Waals surface area contributed by atoms with E-state index >= 15 is 0 Å². The van der Waals surface area contributed by atoms with E-state index in [0.29, 0.717) is 11.6 Å². The molecule has 0 aliphatic carbocycles. The van der Waals surface area contributed by atoms with Crippen LogP contribution in [0.2, 0.25) is 0 Å². The van der Waals surface area contributed by atoms with E-state index in [1.807, 2.05) is 18.2 Å². The molecule has 1 unspecified atom stereocenters. The van der Waals surface area contributed by atoms with Crippen LogP contribution < -0.4 is 10.5 Å². The van der Waals surface area contributed by atoms with Crippen molar-refractivity contribution in [2.24, 2.45) is 5.73 Å². The number of nitrogens with two attached hydrogens (primary N) is 1. The second-order valence-electron chi connectivity index (χ2n) is 4.68. The molecule has 3 rings (SSSR count). The minimum atomic E-state index is -0.353. The highest BCUT2D eigenvalue weighted by molar-refractivity contribution is 5.55. The summed E-state index contributed by atoms with van der Waals surface area (Å²) in [5.41, 5.74) is 8.65. The van der Waals surface area contributed by atoms with Crippen LogP contribution in [0.25, 0.3) is 11.4 Å². The average Bonchev–Trinajstić information content (AvgIpc) is 2.62. The van der Waals surface area contributed by atoms with Crippen molar-refractivity contribution in [1.29, 1.82) is 0 Å². The van der Waals surface area contributed by atoms with Gasteiger partial charge in [0.15, 0.2) is 5.82 Å². The van der Waals surface area contributed by atoms with Crippen molar-refractivity contribution in [3.05, 3.63) is 66.5 Å². The van der Waals surface area contributed by atoms with Gasteiger partial charge < -0.3 is 10.5 Å². The standard InChI is InChI=1S/C16H15N5O/c1-22-13-7-12(9-19-10-13)16-20-6-4-14(21-16)15(17)11-3-2-5-18-8-11/h2-10,15H,17H2,1H3. The number of ether oxygens (including phenoxy) is 1. The largest absolute Gasteiger partial charge is 0.495 e. The maximum Gasteiger partial charge on any atom is 0.161 e. The quantitative estimate of drug-likeness (QED) is 0.791. The molecule has 0 bridgehead atoms. The molecule has 0 radical (unpaired) electrons. The first-order chi connectivity index (χ1) is 10.8. The third kappa shape index (κ3) is 2.91. The Balaban J connectivity index is 1.95. The van der Waals surface area contributed by atoms with E-state index < -0.39 is 0 Å². The molecule has 0 aromatic carbocycles. The van der Waals surface area contributed by atoms with Crippen molar-refractivity contribution >= 4 is 0 Å². The summed E-state index contributed by atoms with van der Waals surface area (Å²) in [4.78, 5) is 17.0. The summed E-state index contributed by atoms with van der Waals surface area (Å²) < 4.78 is 5.17. The molecule has 6 heteroatoms. The second-order valence-corrected chi connectivity index (χ2v) is 4.68. The number of nitrogens with zero attached hydrogens (tertiary/aromatic N) is 4. The normalized spacial score (nSPS) is 11.9. The zero-order chi connectivity index (χ0) is 15.4. The highest BCUT2D eigenvalue weighted by atomic mass is 16.5. The molecule has 2 N–H and O–H groups in total. The maximum atomic E-state index is 6.25. The molecule has 0 amide bonds. The van der Waals surface area contributed by atoms with E-state index in [1.54, 1.807) is 44.2 Å². The third-order valence-electron chi connectivity index (χ3n) is 3.25. The van der Waals surface area contributed by atoms with E-state index in [0.717, 1.165) is 16.8 Å². The van der Waals surface area contributed by atoms with Crippen LogP contribution in [0.1, 0.15) is 17.3 Å². The van der Waals surface area contributed by atoms with Gasteiger partial charge in [0.1, 0.15) is 5.75 Å². The van der Waals surface area contributed by atoms with Gasteiger partial charge in [0.25, 0.3) is 0 Å². The van der Waals surface area contributed by atoms with Gasteiger partial charge in [0.2, 0.25) is 0 Å². The second kappa shape index (κ2) is 6.28. The number of methoxy groups -OCH3 is 1. The summed E-state index contributed by atoms with van der Waals surface area (Å²) in [7, 11) is 1.59. The lowest BCUT2D eigenvalue weighted by atomic mass is 10.1. The van der Waals surface area contributed by atoms with E-state index in [4.69, 9.17) is 10.5 Å². The maximum absolute atomic E-state index is 6.25. The van der Waals surface area contributed by atoms with Crippen molar-refractivity contribution < 1.29 is 4.74 Å². The van der Waals surface area contributed by atoms with Crippen molar-refractivity contribution in [1.82, 2.24) is 19.9 Å². The fourth-order valence-corrected chi connectivity index (χ4v) is 2.07. The Hall–Kier alpha value is -2.86. The van der Waals surface area contributed by atoms with Crippen LogP contribution in [-0.4, -0.2) is 27.0 Å². The Labute approximate surface area is 128 Å². The molecule has 3 heterocycles. The molecular weight excluding hydrogens is 278 g/mol. The lowest BCUT2D eigenvalue weighted by Gasteiger charge is -2.12. The first-order valence-electron chi connectivity index (χ1n) is 6.76. The lowest BCUT2D eigenvalue weighted by molar-refractivity contribution is 0.413. The lowest BCUT2D eigenvalue weighted by Crippen LogP contribution is -2.14. The Bertz CT molecular complexity index is 763. The van der Waals surface area contributed by atoms with Crippen LogP contribution in [-0.2, 0) is 0 Å². The van der Waals surface area contributed by atoms with Gasteiger partial charge in [-0.3, -0.25) is 9.97 Å². The van der Waals surface area contributed by atoms with Gasteiger partial charge >= 0.3 is 0 Å². The third-order valence-corrected chi connectivity index (χ3v) is 3.25. The summed E-state index contributed by atoms with van der Waals surface area (Å²) >= 11 is 0. The van der Waals surface area contributed by atoms with Crippen LogP contribution in [0, 0.1) is 0 Å². The molecule has 6 nitrogen and oxygen atoms in total. The van der Waals surface area contributed by atoms with Gasteiger partial charge in [-0.25, -0.2) is 9.97 Å².